The normalized spacial score (nSPS) is 21.0. The fraction of sp³-hybridized carbons (Fsp3) is 0.600. The van der Waals surface area contributed by atoms with E-state index in [0.717, 1.165) is 5.56 Å². The number of rotatable bonds is 6. The molecule has 0 saturated carbocycles. The van der Waals surface area contributed by atoms with Crippen LogP contribution in [0.5, 0.6) is 5.75 Å². The SMILES string of the molecule is CCOS(=O)(=O)c1ccc(C)c(OCC2COC(C)(C)O2)c1. The molecule has 6 nitrogen and oxygen atoms in total. The van der Waals surface area contributed by atoms with Gasteiger partial charge in [0.15, 0.2) is 5.79 Å². The fourth-order valence-electron chi connectivity index (χ4n) is 2.14. The van der Waals surface area contributed by atoms with Gasteiger partial charge < -0.3 is 14.2 Å². The summed E-state index contributed by atoms with van der Waals surface area (Å²) in [5.74, 6) is -0.113. The van der Waals surface area contributed by atoms with Gasteiger partial charge in [0.25, 0.3) is 10.1 Å². The Bertz CT molecular complexity index is 623. The molecule has 1 saturated heterocycles. The van der Waals surface area contributed by atoms with E-state index in [9.17, 15) is 8.42 Å². The molecular formula is C15H22O6S. The number of aryl methyl sites for hydroxylation is 1. The molecule has 1 fully saturated rings. The van der Waals surface area contributed by atoms with E-state index in [1.165, 1.54) is 12.1 Å². The van der Waals surface area contributed by atoms with Crippen LogP contribution in [0.3, 0.4) is 0 Å². The third kappa shape index (κ3) is 4.19. The summed E-state index contributed by atoms with van der Waals surface area (Å²) < 4.78 is 45.4. The molecule has 1 aromatic carbocycles. The average Bonchev–Trinajstić information content (AvgIpc) is 2.77. The summed E-state index contributed by atoms with van der Waals surface area (Å²) in [5, 5.41) is 0. The lowest BCUT2D eigenvalue weighted by molar-refractivity contribution is -0.141. The van der Waals surface area contributed by atoms with E-state index in [-0.39, 0.29) is 17.6 Å². The topological polar surface area (TPSA) is 71.1 Å². The van der Waals surface area contributed by atoms with Gasteiger partial charge in [-0.15, -0.1) is 0 Å². The van der Waals surface area contributed by atoms with Crippen LogP contribution in [0.25, 0.3) is 0 Å². The van der Waals surface area contributed by atoms with Crippen molar-refractivity contribution >= 4 is 10.1 Å². The lowest BCUT2D eigenvalue weighted by atomic mass is 10.2. The van der Waals surface area contributed by atoms with Gasteiger partial charge in [0.2, 0.25) is 0 Å². The Hall–Kier alpha value is -1.15. The molecule has 0 aromatic heterocycles. The van der Waals surface area contributed by atoms with Crippen molar-refractivity contribution in [3.8, 4) is 5.75 Å². The molecule has 0 radical (unpaired) electrons. The second kappa shape index (κ2) is 6.54. The maximum Gasteiger partial charge on any atom is 0.297 e. The lowest BCUT2D eigenvalue weighted by Crippen LogP contribution is -2.25. The zero-order chi connectivity index (χ0) is 16.4. The van der Waals surface area contributed by atoms with Crippen molar-refractivity contribution in [2.24, 2.45) is 0 Å². The van der Waals surface area contributed by atoms with E-state index in [0.29, 0.717) is 19.0 Å². The molecule has 1 atom stereocenters. The van der Waals surface area contributed by atoms with Gasteiger partial charge >= 0.3 is 0 Å². The summed E-state index contributed by atoms with van der Waals surface area (Å²) in [4.78, 5) is 0.0823. The van der Waals surface area contributed by atoms with Crippen LogP contribution in [0, 0.1) is 6.92 Å². The summed E-state index contributed by atoms with van der Waals surface area (Å²) in [6.45, 7) is 7.99. The molecule has 124 valence electrons. The van der Waals surface area contributed by atoms with Crippen molar-refractivity contribution in [1.82, 2.24) is 0 Å². The summed E-state index contributed by atoms with van der Waals surface area (Å²) in [5.41, 5.74) is 0.841. The van der Waals surface area contributed by atoms with Gasteiger partial charge in [0.05, 0.1) is 18.1 Å². The Labute approximate surface area is 131 Å². The molecule has 1 aliphatic rings. The molecule has 22 heavy (non-hydrogen) atoms. The quantitative estimate of drug-likeness (QED) is 0.745. The molecule has 0 amide bonds. The number of hydrogen-bond acceptors (Lipinski definition) is 6. The molecule has 7 heteroatoms. The highest BCUT2D eigenvalue weighted by atomic mass is 32.2. The molecule has 2 rings (SSSR count). The molecular weight excluding hydrogens is 308 g/mol. The zero-order valence-corrected chi connectivity index (χ0v) is 14.1. The van der Waals surface area contributed by atoms with Gasteiger partial charge in [0.1, 0.15) is 18.5 Å². The van der Waals surface area contributed by atoms with E-state index >= 15 is 0 Å². The van der Waals surface area contributed by atoms with E-state index < -0.39 is 15.9 Å². The van der Waals surface area contributed by atoms with Crippen molar-refractivity contribution < 1.29 is 26.8 Å². The predicted molar refractivity (Wildman–Crippen MR) is 80.4 cm³/mol. The first kappa shape index (κ1) is 17.2. The Balaban J connectivity index is 2.08. The minimum absolute atomic E-state index is 0.0823. The van der Waals surface area contributed by atoms with E-state index in [2.05, 4.69) is 0 Å². The van der Waals surface area contributed by atoms with Gasteiger partial charge in [-0.2, -0.15) is 8.42 Å². The Morgan fingerprint density at radius 3 is 2.68 bits per heavy atom. The van der Waals surface area contributed by atoms with Crippen LogP contribution >= 0.6 is 0 Å². The van der Waals surface area contributed by atoms with Crippen LogP contribution in [0.1, 0.15) is 26.3 Å². The average molecular weight is 330 g/mol. The standard InChI is InChI=1S/C15H22O6S/c1-5-20-22(16,17)13-7-6-11(2)14(8-13)18-9-12-10-19-15(3,4)21-12/h6-8,12H,5,9-10H2,1-4H3. The number of hydrogen-bond donors (Lipinski definition) is 0. The maximum absolute atomic E-state index is 11.9. The minimum atomic E-state index is -3.74. The molecule has 0 N–H and O–H groups in total. The fourth-order valence-corrected chi connectivity index (χ4v) is 3.07. The summed E-state index contributed by atoms with van der Waals surface area (Å²) >= 11 is 0. The van der Waals surface area contributed by atoms with Crippen LogP contribution < -0.4 is 4.74 Å². The third-order valence-electron chi connectivity index (χ3n) is 3.21. The van der Waals surface area contributed by atoms with Crippen LogP contribution in [0.2, 0.25) is 0 Å². The predicted octanol–water partition coefficient (Wildman–Crippen LogP) is 2.25. The Morgan fingerprint density at radius 2 is 2.09 bits per heavy atom. The second-order valence-corrected chi connectivity index (χ2v) is 7.17. The van der Waals surface area contributed by atoms with Crippen molar-refractivity contribution in [1.29, 1.82) is 0 Å². The minimum Gasteiger partial charge on any atom is -0.490 e. The highest BCUT2D eigenvalue weighted by Crippen LogP contribution is 2.26. The van der Waals surface area contributed by atoms with E-state index in [1.54, 1.807) is 13.0 Å². The number of ether oxygens (including phenoxy) is 3. The first-order valence-corrected chi connectivity index (χ1v) is 8.59. The summed E-state index contributed by atoms with van der Waals surface area (Å²) in [7, 11) is -3.74. The summed E-state index contributed by atoms with van der Waals surface area (Å²) in [6, 6.07) is 4.67. The van der Waals surface area contributed by atoms with Crippen molar-refractivity contribution in [2.75, 3.05) is 19.8 Å². The molecule has 1 aliphatic heterocycles. The van der Waals surface area contributed by atoms with Crippen molar-refractivity contribution in [2.45, 2.75) is 44.5 Å². The van der Waals surface area contributed by atoms with E-state index in [4.69, 9.17) is 18.4 Å². The van der Waals surface area contributed by atoms with Crippen LogP contribution in [-0.4, -0.2) is 40.1 Å². The highest BCUT2D eigenvalue weighted by Gasteiger charge is 2.33. The highest BCUT2D eigenvalue weighted by molar-refractivity contribution is 7.86. The first-order chi connectivity index (χ1) is 10.2. The van der Waals surface area contributed by atoms with Crippen molar-refractivity contribution in [3.05, 3.63) is 23.8 Å². The molecule has 1 heterocycles. The van der Waals surface area contributed by atoms with Gasteiger partial charge in [-0.1, -0.05) is 6.07 Å². The zero-order valence-electron chi connectivity index (χ0n) is 13.3. The molecule has 1 aromatic rings. The van der Waals surface area contributed by atoms with Crippen LogP contribution in [0.4, 0.5) is 0 Å². The molecule has 0 spiro atoms. The van der Waals surface area contributed by atoms with Crippen LogP contribution in [-0.2, 0) is 23.8 Å². The summed E-state index contributed by atoms with van der Waals surface area (Å²) in [6.07, 6.45) is -0.179. The first-order valence-electron chi connectivity index (χ1n) is 7.18. The van der Waals surface area contributed by atoms with Gasteiger partial charge in [-0.3, -0.25) is 4.18 Å². The molecule has 1 unspecified atom stereocenters. The molecule has 0 bridgehead atoms. The van der Waals surface area contributed by atoms with Gasteiger partial charge in [-0.05, 0) is 39.3 Å². The van der Waals surface area contributed by atoms with E-state index in [1.807, 2.05) is 20.8 Å². The third-order valence-corrected chi connectivity index (χ3v) is 4.59. The Kier molecular flexibility index (Phi) is 5.11. The van der Waals surface area contributed by atoms with Crippen molar-refractivity contribution in [3.63, 3.8) is 0 Å². The number of benzene rings is 1. The van der Waals surface area contributed by atoms with Crippen LogP contribution in [0.15, 0.2) is 23.1 Å². The maximum atomic E-state index is 11.9. The second-order valence-electron chi connectivity index (χ2n) is 5.55. The largest absolute Gasteiger partial charge is 0.490 e. The smallest absolute Gasteiger partial charge is 0.297 e. The Morgan fingerprint density at radius 1 is 1.36 bits per heavy atom. The van der Waals surface area contributed by atoms with Gasteiger partial charge in [-0.25, -0.2) is 0 Å². The lowest BCUT2D eigenvalue weighted by Gasteiger charge is -2.18. The monoisotopic (exact) mass is 330 g/mol. The van der Waals surface area contributed by atoms with Gasteiger partial charge in [0, 0.05) is 6.07 Å². The molecule has 0 aliphatic carbocycles.